The zero-order chi connectivity index (χ0) is 12.5. The molecule has 0 saturated carbocycles. The van der Waals surface area contributed by atoms with Gasteiger partial charge in [0.25, 0.3) is 0 Å². The molecule has 0 aliphatic carbocycles. The van der Waals surface area contributed by atoms with Gasteiger partial charge in [0.1, 0.15) is 7.05 Å². The highest BCUT2D eigenvalue weighted by Crippen LogP contribution is 2.24. The lowest BCUT2D eigenvalue weighted by atomic mass is 10.0. The number of hydrogen-bond acceptors (Lipinski definition) is 0. The van der Waals surface area contributed by atoms with E-state index in [9.17, 15) is 0 Å². The van der Waals surface area contributed by atoms with E-state index in [0.29, 0.717) is 0 Å². The second-order valence-electron chi connectivity index (χ2n) is 4.68. The van der Waals surface area contributed by atoms with Crippen LogP contribution >= 0.6 is 0 Å². The summed E-state index contributed by atoms with van der Waals surface area (Å²) < 4.78 is 2.16. The molecule has 2 aromatic carbocycles. The number of benzene rings is 2. The Bertz CT molecular complexity index is 699. The van der Waals surface area contributed by atoms with Crippen molar-refractivity contribution in [3.8, 4) is 11.1 Å². The number of fused-ring (bicyclic) bond motifs is 1. The smallest absolute Gasteiger partial charge is 0.185 e. The molecule has 0 saturated heterocycles. The van der Waals surface area contributed by atoms with Crippen LogP contribution in [-0.2, 0) is 7.05 Å². The maximum atomic E-state index is 2.28. The van der Waals surface area contributed by atoms with Gasteiger partial charge in [-0.05, 0) is 22.6 Å². The molecule has 88 valence electrons. The zero-order valence-corrected chi connectivity index (χ0v) is 10.7. The van der Waals surface area contributed by atoms with E-state index in [-0.39, 0.29) is 0 Å². The molecular formula is C17H16N+. The maximum Gasteiger partial charge on any atom is 0.185 e. The Kier molecular flexibility index (Phi) is 2.60. The topological polar surface area (TPSA) is 3.88 Å². The van der Waals surface area contributed by atoms with Crippen LogP contribution in [0.5, 0.6) is 0 Å². The highest BCUT2D eigenvalue weighted by atomic mass is 14.9. The summed E-state index contributed by atoms with van der Waals surface area (Å²) in [6, 6.07) is 19.3. The highest BCUT2D eigenvalue weighted by Gasteiger charge is 2.07. The van der Waals surface area contributed by atoms with E-state index >= 15 is 0 Å². The summed E-state index contributed by atoms with van der Waals surface area (Å²) in [6.45, 7) is 2.16. The molecule has 0 atom stereocenters. The predicted octanol–water partition coefficient (Wildman–Crippen LogP) is 3.64. The first kappa shape index (κ1) is 11.0. The van der Waals surface area contributed by atoms with Crippen LogP contribution in [0.3, 0.4) is 0 Å². The predicted molar refractivity (Wildman–Crippen MR) is 75.3 cm³/mol. The number of aryl methyl sites for hydroxylation is 2. The van der Waals surface area contributed by atoms with E-state index in [1.54, 1.807) is 0 Å². The van der Waals surface area contributed by atoms with Crippen LogP contribution in [-0.4, -0.2) is 0 Å². The lowest BCUT2D eigenvalue weighted by molar-refractivity contribution is -0.676. The Balaban J connectivity index is 2.25. The number of rotatable bonds is 1. The molecule has 3 aromatic rings. The summed E-state index contributed by atoms with van der Waals surface area (Å²) in [5.74, 6) is 0. The summed E-state index contributed by atoms with van der Waals surface area (Å²) in [5.41, 5.74) is 3.84. The molecule has 3 rings (SSSR count). The lowest BCUT2D eigenvalue weighted by Gasteiger charge is -2.05. The molecule has 0 bridgehead atoms. The number of hydrogen-bond donors (Lipinski definition) is 0. The van der Waals surface area contributed by atoms with Crippen LogP contribution in [0.15, 0.2) is 60.8 Å². The van der Waals surface area contributed by atoms with E-state index in [1.807, 2.05) is 0 Å². The van der Waals surface area contributed by atoms with Gasteiger partial charge in [0.2, 0.25) is 0 Å². The van der Waals surface area contributed by atoms with E-state index in [4.69, 9.17) is 0 Å². The van der Waals surface area contributed by atoms with Crippen LogP contribution in [0.4, 0.5) is 0 Å². The van der Waals surface area contributed by atoms with E-state index in [1.165, 1.54) is 27.6 Å². The first-order valence-electron chi connectivity index (χ1n) is 6.20. The molecule has 0 radical (unpaired) electrons. The minimum atomic E-state index is 1.27. The van der Waals surface area contributed by atoms with Gasteiger partial charge in [-0.25, -0.2) is 4.57 Å². The van der Waals surface area contributed by atoms with Gasteiger partial charge < -0.3 is 0 Å². The third kappa shape index (κ3) is 1.78. The molecule has 0 N–H and O–H groups in total. The van der Waals surface area contributed by atoms with Gasteiger partial charge in [-0.1, -0.05) is 42.5 Å². The molecule has 0 aliphatic rings. The van der Waals surface area contributed by atoms with Gasteiger partial charge in [0.15, 0.2) is 11.9 Å². The Morgan fingerprint density at radius 2 is 1.61 bits per heavy atom. The first-order valence-corrected chi connectivity index (χ1v) is 6.20. The second-order valence-corrected chi connectivity index (χ2v) is 4.68. The molecule has 1 aromatic heterocycles. The molecule has 0 aliphatic heterocycles. The van der Waals surface area contributed by atoms with Crippen molar-refractivity contribution in [1.82, 2.24) is 0 Å². The molecule has 1 heteroatoms. The Labute approximate surface area is 107 Å². The van der Waals surface area contributed by atoms with Gasteiger partial charge in [-0.15, -0.1) is 0 Å². The van der Waals surface area contributed by atoms with Crippen molar-refractivity contribution in [2.45, 2.75) is 6.92 Å². The molecule has 1 heterocycles. The van der Waals surface area contributed by atoms with Crippen LogP contribution in [0, 0.1) is 6.92 Å². The van der Waals surface area contributed by atoms with Crippen molar-refractivity contribution in [2.75, 3.05) is 0 Å². The van der Waals surface area contributed by atoms with Crippen LogP contribution in [0.1, 0.15) is 5.69 Å². The van der Waals surface area contributed by atoms with Crippen molar-refractivity contribution < 1.29 is 4.57 Å². The average molecular weight is 234 g/mol. The SMILES string of the molecule is Cc1c2cc(-c3ccccc3)ccc2cc[n+]1C. The summed E-state index contributed by atoms with van der Waals surface area (Å²) >= 11 is 0. The van der Waals surface area contributed by atoms with E-state index in [0.717, 1.165) is 0 Å². The first-order chi connectivity index (χ1) is 8.75. The molecule has 0 amide bonds. The van der Waals surface area contributed by atoms with E-state index in [2.05, 4.69) is 79.3 Å². The third-order valence-electron chi connectivity index (χ3n) is 3.56. The fourth-order valence-electron chi connectivity index (χ4n) is 2.32. The van der Waals surface area contributed by atoms with Gasteiger partial charge >= 0.3 is 0 Å². The molecule has 0 spiro atoms. The van der Waals surface area contributed by atoms with Gasteiger partial charge in [-0.2, -0.15) is 0 Å². The van der Waals surface area contributed by atoms with Crippen LogP contribution in [0.25, 0.3) is 21.9 Å². The van der Waals surface area contributed by atoms with Gasteiger partial charge in [0, 0.05) is 18.4 Å². The standard InChI is InChI=1S/C17H16N/c1-13-17-12-16(14-6-4-3-5-7-14)9-8-15(17)10-11-18(13)2/h3-12H,1-2H3/q+1. The summed E-state index contributed by atoms with van der Waals surface area (Å²) in [5, 5.41) is 2.62. The second kappa shape index (κ2) is 4.26. The number of aromatic nitrogens is 1. The van der Waals surface area contributed by atoms with Crippen LogP contribution < -0.4 is 4.57 Å². The molecule has 0 unspecified atom stereocenters. The number of nitrogens with zero attached hydrogens (tertiary/aromatic N) is 1. The Hall–Kier alpha value is -2.15. The zero-order valence-electron chi connectivity index (χ0n) is 10.7. The molecular weight excluding hydrogens is 218 g/mol. The summed E-state index contributed by atoms with van der Waals surface area (Å²) in [7, 11) is 2.09. The fourth-order valence-corrected chi connectivity index (χ4v) is 2.32. The van der Waals surface area contributed by atoms with Gasteiger partial charge in [0.05, 0.1) is 0 Å². The normalized spacial score (nSPS) is 10.8. The fraction of sp³-hybridized carbons (Fsp3) is 0.118. The molecule has 18 heavy (non-hydrogen) atoms. The quantitative estimate of drug-likeness (QED) is 0.566. The van der Waals surface area contributed by atoms with E-state index < -0.39 is 0 Å². The third-order valence-corrected chi connectivity index (χ3v) is 3.56. The monoisotopic (exact) mass is 234 g/mol. The minimum Gasteiger partial charge on any atom is -0.205 e. The van der Waals surface area contributed by atoms with Crippen molar-refractivity contribution >= 4 is 10.8 Å². The van der Waals surface area contributed by atoms with Gasteiger partial charge in [-0.3, -0.25) is 0 Å². The maximum absolute atomic E-state index is 2.28. The highest BCUT2D eigenvalue weighted by molar-refractivity contribution is 5.88. The van der Waals surface area contributed by atoms with Crippen LogP contribution in [0.2, 0.25) is 0 Å². The number of pyridine rings is 1. The minimum absolute atomic E-state index is 1.27. The Morgan fingerprint density at radius 3 is 2.39 bits per heavy atom. The Morgan fingerprint density at radius 1 is 0.833 bits per heavy atom. The van der Waals surface area contributed by atoms with Crippen molar-refractivity contribution in [1.29, 1.82) is 0 Å². The van der Waals surface area contributed by atoms with Crippen molar-refractivity contribution in [3.05, 3.63) is 66.5 Å². The summed E-state index contributed by atoms with van der Waals surface area (Å²) in [4.78, 5) is 0. The van der Waals surface area contributed by atoms with Crippen molar-refractivity contribution in [3.63, 3.8) is 0 Å². The molecule has 0 fully saturated rings. The largest absolute Gasteiger partial charge is 0.205 e. The molecule has 1 nitrogen and oxygen atoms in total. The lowest BCUT2D eigenvalue weighted by Crippen LogP contribution is -2.31. The summed E-state index contributed by atoms with van der Waals surface area (Å²) in [6.07, 6.45) is 2.11. The average Bonchev–Trinajstić information content (AvgIpc) is 2.44. The van der Waals surface area contributed by atoms with Crippen molar-refractivity contribution in [2.24, 2.45) is 7.05 Å².